The number of rotatable bonds is 18. The molecule has 2 aromatic carbocycles. The summed E-state index contributed by atoms with van der Waals surface area (Å²) < 4.78 is 0. The number of azo groups is 1. The molecule has 4 rings (SSSR count). The summed E-state index contributed by atoms with van der Waals surface area (Å²) in [7, 11) is 0. The lowest BCUT2D eigenvalue weighted by molar-refractivity contribution is -0.298. The van der Waals surface area contributed by atoms with E-state index >= 15 is 0 Å². The van der Waals surface area contributed by atoms with Gasteiger partial charge in [0.25, 0.3) is 0 Å². The molecule has 0 bridgehead atoms. The summed E-state index contributed by atoms with van der Waals surface area (Å²) >= 11 is 0. The predicted octanol–water partition coefficient (Wildman–Crippen LogP) is 10.9. The van der Waals surface area contributed by atoms with Gasteiger partial charge in [-0.2, -0.15) is 30.9 Å². The van der Waals surface area contributed by atoms with Gasteiger partial charge in [-0.3, -0.25) is 19.3 Å². The van der Waals surface area contributed by atoms with Crippen LogP contribution < -0.4 is 0 Å². The molecule has 0 aromatic heterocycles. The molecule has 2 saturated heterocycles. The second kappa shape index (κ2) is 19.1. The van der Waals surface area contributed by atoms with E-state index in [1.807, 2.05) is 72.5 Å². The van der Waals surface area contributed by atoms with Crippen molar-refractivity contribution in [2.45, 2.75) is 181 Å². The van der Waals surface area contributed by atoms with E-state index in [4.69, 9.17) is 9.68 Å². The SMILES string of the molecule is CC(CC#N)CC(=O)C(Cc1ccc(N=Nc2ccc(CC(ON3C(C)(C)CCCC3(C)C)C(=O)CC(C)CC#N)cc2)cc1)ON1C(C)(C)CCCC1(C)C. The zero-order chi connectivity index (χ0) is 41.3. The Morgan fingerprint density at radius 1 is 0.607 bits per heavy atom. The van der Waals surface area contributed by atoms with Crippen molar-refractivity contribution >= 4 is 22.9 Å². The zero-order valence-corrected chi connectivity index (χ0v) is 35.7. The van der Waals surface area contributed by atoms with Gasteiger partial charge in [0, 0.05) is 60.7 Å². The number of hydrogen-bond acceptors (Lipinski definition) is 10. The van der Waals surface area contributed by atoms with Gasteiger partial charge >= 0.3 is 0 Å². The number of Topliss-reactive ketones (excluding diaryl/α,β-unsaturated/α-hetero) is 2. The third-order valence-electron chi connectivity index (χ3n) is 11.5. The number of carbonyl (C=O) groups is 2. The normalized spacial score (nSPS) is 21.4. The maximum Gasteiger partial charge on any atom is 0.164 e. The number of carbonyl (C=O) groups excluding carboxylic acids is 2. The Bertz CT molecular complexity index is 1570. The molecular weight excluding hydrogens is 701 g/mol. The van der Waals surface area contributed by atoms with Crippen molar-refractivity contribution in [3.8, 4) is 12.1 Å². The van der Waals surface area contributed by atoms with Crippen molar-refractivity contribution in [3.05, 3.63) is 59.7 Å². The highest BCUT2D eigenvalue weighted by atomic mass is 16.7. The van der Waals surface area contributed by atoms with Gasteiger partial charge in [-0.25, -0.2) is 0 Å². The van der Waals surface area contributed by atoms with E-state index in [-0.39, 0.29) is 45.6 Å². The van der Waals surface area contributed by atoms with Gasteiger partial charge in [-0.05, 0) is 141 Å². The topological polar surface area (TPSA) is 131 Å². The first-order chi connectivity index (χ1) is 26.3. The summed E-state index contributed by atoms with van der Waals surface area (Å²) in [4.78, 5) is 40.6. The first-order valence-corrected chi connectivity index (χ1v) is 20.6. The predicted molar refractivity (Wildman–Crippen MR) is 220 cm³/mol. The molecule has 0 amide bonds. The Morgan fingerprint density at radius 2 is 0.911 bits per heavy atom. The number of nitrogens with zero attached hydrogens (tertiary/aromatic N) is 6. The second-order valence-electron chi connectivity index (χ2n) is 19.0. The monoisotopic (exact) mass is 767 g/mol. The lowest BCUT2D eigenvalue weighted by Gasteiger charge is -2.52. The van der Waals surface area contributed by atoms with Crippen LogP contribution in [-0.4, -0.2) is 56.1 Å². The van der Waals surface area contributed by atoms with Crippen LogP contribution in [0.4, 0.5) is 11.4 Å². The van der Waals surface area contributed by atoms with Crippen molar-refractivity contribution < 1.29 is 19.3 Å². The van der Waals surface area contributed by atoms with Crippen LogP contribution in [0, 0.1) is 34.5 Å². The van der Waals surface area contributed by atoms with Crippen LogP contribution in [0.1, 0.15) is 145 Å². The first-order valence-electron chi connectivity index (χ1n) is 20.6. The summed E-state index contributed by atoms with van der Waals surface area (Å²) in [6.07, 6.45) is 6.88. The molecular formula is C46H66N6O4. The summed E-state index contributed by atoms with van der Waals surface area (Å²) in [6.45, 7) is 21.3. The molecule has 2 heterocycles. The fourth-order valence-corrected chi connectivity index (χ4v) is 8.54. The van der Waals surface area contributed by atoms with Crippen molar-refractivity contribution in [1.82, 2.24) is 10.1 Å². The molecule has 0 spiro atoms. The van der Waals surface area contributed by atoms with E-state index in [0.717, 1.165) is 49.7 Å². The Labute approximate surface area is 336 Å². The van der Waals surface area contributed by atoms with Crippen LogP contribution >= 0.6 is 0 Å². The Morgan fingerprint density at radius 3 is 1.20 bits per heavy atom. The first kappa shape index (κ1) is 44.9. The number of hydroxylamine groups is 4. The van der Waals surface area contributed by atoms with Crippen LogP contribution in [0.25, 0.3) is 0 Å². The second-order valence-corrected chi connectivity index (χ2v) is 19.0. The molecule has 2 aliphatic heterocycles. The Balaban J connectivity index is 1.46. The average Bonchev–Trinajstić information content (AvgIpc) is 3.10. The quantitative estimate of drug-likeness (QED) is 0.137. The van der Waals surface area contributed by atoms with Crippen LogP contribution in [-0.2, 0) is 32.1 Å². The standard InChI is InChI=1S/C46H66N6O4/c1-33(21-27-47)29-39(53)41(55-51-43(3,4)23-11-24-44(51,5)6)31-35-13-17-37(18-14-35)49-50-38-19-15-36(16-20-38)32-42(40(54)30-34(2)22-28-48)56-52-45(7,8)25-12-26-46(52,9)10/h13-20,33-34,41-42H,11-12,21-26,29-32H2,1-10H3. The lowest BCUT2D eigenvalue weighted by atomic mass is 9.82. The molecule has 10 heteroatoms. The van der Waals surface area contributed by atoms with Gasteiger partial charge in [0.1, 0.15) is 12.2 Å². The minimum Gasteiger partial charge on any atom is -0.297 e. The lowest BCUT2D eigenvalue weighted by Crippen LogP contribution is -2.60. The number of hydrogen-bond donors (Lipinski definition) is 0. The van der Waals surface area contributed by atoms with Crippen molar-refractivity contribution in [2.75, 3.05) is 0 Å². The van der Waals surface area contributed by atoms with Crippen molar-refractivity contribution in [1.29, 1.82) is 10.5 Å². The largest absolute Gasteiger partial charge is 0.297 e. The number of nitriles is 2. The minimum atomic E-state index is -0.669. The third kappa shape index (κ3) is 12.3. The Hall–Kier alpha value is -3.80. The molecule has 10 nitrogen and oxygen atoms in total. The summed E-state index contributed by atoms with van der Waals surface area (Å²) in [5.74, 6) is -0.0731. The molecule has 0 saturated carbocycles. The van der Waals surface area contributed by atoms with E-state index in [9.17, 15) is 20.1 Å². The van der Waals surface area contributed by atoms with Gasteiger partial charge < -0.3 is 0 Å². The molecule has 4 unspecified atom stereocenters. The van der Waals surface area contributed by atoms with Gasteiger partial charge in [0.2, 0.25) is 0 Å². The van der Waals surface area contributed by atoms with Crippen LogP contribution in [0.3, 0.4) is 0 Å². The maximum atomic E-state index is 13.6. The van der Waals surface area contributed by atoms with E-state index in [1.54, 1.807) is 0 Å². The van der Waals surface area contributed by atoms with E-state index in [0.29, 0.717) is 49.9 Å². The Kier molecular flexibility index (Phi) is 15.3. The third-order valence-corrected chi connectivity index (χ3v) is 11.5. The fraction of sp³-hybridized carbons (Fsp3) is 0.652. The zero-order valence-electron chi connectivity index (χ0n) is 35.7. The van der Waals surface area contributed by atoms with Crippen LogP contribution in [0.2, 0.25) is 0 Å². The minimum absolute atomic E-state index is 0.00659. The van der Waals surface area contributed by atoms with E-state index < -0.39 is 12.2 Å². The van der Waals surface area contributed by atoms with Gasteiger partial charge in [0.05, 0.1) is 23.5 Å². The van der Waals surface area contributed by atoms with Crippen molar-refractivity contribution in [3.63, 3.8) is 0 Å². The molecule has 2 aliphatic rings. The highest BCUT2D eigenvalue weighted by Crippen LogP contribution is 2.41. The van der Waals surface area contributed by atoms with Gasteiger partial charge in [-0.1, -0.05) is 38.1 Å². The highest BCUT2D eigenvalue weighted by molar-refractivity contribution is 5.84. The van der Waals surface area contributed by atoms with Crippen LogP contribution in [0.5, 0.6) is 0 Å². The molecule has 56 heavy (non-hydrogen) atoms. The molecule has 4 atom stereocenters. The molecule has 2 fully saturated rings. The smallest absolute Gasteiger partial charge is 0.164 e. The van der Waals surface area contributed by atoms with E-state index in [1.165, 1.54) is 0 Å². The number of benzene rings is 2. The number of ketones is 2. The molecule has 2 aromatic rings. The summed E-state index contributed by atoms with van der Waals surface area (Å²) in [5, 5.41) is 31.5. The molecule has 304 valence electrons. The molecule has 0 radical (unpaired) electrons. The maximum absolute atomic E-state index is 13.6. The average molecular weight is 767 g/mol. The summed E-state index contributed by atoms with van der Waals surface area (Å²) in [5.41, 5.74) is 2.41. The van der Waals surface area contributed by atoms with Crippen molar-refractivity contribution in [2.24, 2.45) is 22.1 Å². The van der Waals surface area contributed by atoms with Gasteiger partial charge in [-0.15, -0.1) is 0 Å². The fourth-order valence-electron chi connectivity index (χ4n) is 8.54. The molecule has 0 aliphatic carbocycles. The van der Waals surface area contributed by atoms with Crippen LogP contribution in [0.15, 0.2) is 58.8 Å². The summed E-state index contributed by atoms with van der Waals surface area (Å²) in [6, 6.07) is 19.8. The molecule has 0 N–H and O–H groups in total. The highest BCUT2D eigenvalue weighted by Gasteiger charge is 2.46. The van der Waals surface area contributed by atoms with Gasteiger partial charge in [0.15, 0.2) is 11.6 Å². The number of piperidine rings is 2. The van der Waals surface area contributed by atoms with E-state index in [2.05, 4.69) is 77.8 Å².